The Morgan fingerprint density at radius 3 is 2.68 bits per heavy atom. The molecule has 0 spiro atoms. The van der Waals surface area contributed by atoms with Crippen molar-refractivity contribution in [1.82, 2.24) is 0 Å². The molecule has 116 valence electrons. The number of hydrogen-bond donors (Lipinski definition) is 2. The average molecular weight is 371 g/mol. The number of amides is 1. The summed E-state index contributed by atoms with van der Waals surface area (Å²) in [6, 6.07) is 11.3. The molecule has 2 rings (SSSR count). The van der Waals surface area contributed by atoms with Gasteiger partial charge in [0, 0.05) is 10.2 Å². The molecule has 3 N–H and O–H groups in total. The monoisotopic (exact) mass is 370 g/mol. The van der Waals surface area contributed by atoms with Crippen molar-refractivity contribution in [2.24, 2.45) is 0 Å². The summed E-state index contributed by atoms with van der Waals surface area (Å²) in [6.45, 7) is -0.792. The topological polar surface area (TPSA) is 64.3 Å². The summed E-state index contributed by atoms with van der Waals surface area (Å²) < 4.78 is 30.2. The van der Waals surface area contributed by atoms with Gasteiger partial charge in [0.1, 0.15) is 12.4 Å². The zero-order valence-electron chi connectivity index (χ0n) is 11.4. The highest BCUT2D eigenvalue weighted by Crippen LogP contribution is 2.26. The highest BCUT2D eigenvalue weighted by molar-refractivity contribution is 9.10. The van der Waals surface area contributed by atoms with Gasteiger partial charge in [0.25, 0.3) is 12.3 Å². The summed E-state index contributed by atoms with van der Waals surface area (Å²) >= 11 is 3.31. The molecule has 0 aliphatic rings. The molecule has 0 saturated heterocycles. The summed E-state index contributed by atoms with van der Waals surface area (Å²) in [5, 5.41) is 2.67. The van der Waals surface area contributed by atoms with Crippen LogP contribution in [0.3, 0.4) is 0 Å². The van der Waals surface area contributed by atoms with Crippen molar-refractivity contribution in [3.05, 3.63) is 52.5 Å². The smallest absolute Gasteiger partial charge is 0.272 e. The molecule has 0 fully saturated rings. The summed E-state index contributed by atoms with van der Waals surface area (Å²) in [5.74, 6) is -0.442. The van der Waals surface area contributed by atoms with E-state index in [1.165, 1.54) is 18.2 Å². The molecular weight excluding hydrogens is 358 g/mol. The van der Waals surface area contributed by atoms with E-state index in [1.54, 1.807) is 24.3 Å². The van der Waals surface area contributed by atoms with Crippen molar-refractivity contribution in [3.63, 3.8) is 0 Å². The van der Waals surface area contributed by atoms with E-state index >= 15 is 0 Å². The number of nitrogens with two attached hydrogens (primary N) is 1. The van der Waals surface area contributed by atoms with Gasteiger partial charge in [0.05, 0.1) is 11.3 Å². The molecule has 0 aliphatic heterocycles. The number of para-hydroxylation sites is 1. The number of carbonyl (C=O) groups is 1. The summed E-state index contributed by atoms with van der Waals surface area (Å²) in [4.78, 5) is 12.3. The van der Waals surface area contributed by atoms with Crippen LogP contribution in [0.4, 0.5) is 20.2 Å². The Morgan fingerprint density at radius 1 is 1.27 bits per heavy atom. The van der Waals surface area contributed by atoms with Crippen LogP contribution < -0.4 is 15.8 Å². The van der Waals surface area contributed by atoms with Gasteiger partial charge in [-0.1, -0.05) is 12.1 Å². The lowest BCUT2D eigenvalue weighted by atomic mass is 10.1. The van der Waals surface area contributed by atoms with Crippen molar-refractivity contribution < 1.29 is 18.3 Å². The van der Waals surface area contributed by atoms with Crippen molar-refractivity contribution in [2.75, 3.05) is 17.7 Å². The predicted molar refractivity (Wildman–Crippen MR) is 84.4 cm³/mol. The molecule has 0 unspecified atom stereocenters. The molecule has 7 heteroatoms. The first-order valence-electron chi connectivity index (χ1n) is 6.33. The fourth-order valence-electron chi connectivity index (χ4n) is 1.76. The first-order valence-corrected chi connectivity index (χ1v) is 7.13. The molecule has 0 bridgehead atoms. The Hall–Kier alpha value is -2.15. The summed E-state index contributed by atoms with van der Waals surface area (Å²) in [5.41, 5.74) is 6.63. The fourth-order valence-corrected chi connectivity index (χ4v) is 2.14. The number of anilines is 2. The number of rotatable bonds is 5. The number of nitrogens with one attached hydrogen (secondary N) is 1. The van der Waals surface area contributed by atoms with E-state index in [0.717, 1.165) is 0 Å². The van der Waals surface area contributed by atoms with Crippen LogP contribution in [-0.4, -0.2) is 18.9 Å². The van der Waals surface area contributed by atoms with Gasteiger partial charge in [-0.05, 0) is 46.3 Å². The quantitative estimate of drug-likeness (QED) is 0.783. The minimum atomic E-state index is -2.63. The molecule has 0 atom stereocenters. The maximum atomic E-state index is 12.3. The molecule has 0 saturated carbocycles. The van der Waals surface area contributed by atoms with Crippen LogP contribution in [0.5, 0.6) is 5.75 Å². The van der Waals surface area contributed by atoms with Crippen LogP contribution in [-0.2, 0) is 0 Å². The van der Waals surface area contributed by atoms with Crippen LogP contribution in [0.1, 0.15) is 10.4 Å². The van der Waals surface area contributed by atoms with E-state index in [0.29, 0.717) is 15.8 Å². The van der Waals surface area contributed by atoms with Crippen molar-refractivity contribution in [3.8, 4) is 5.75 Å². The van der Waals surface area contributed by atoms with Gasteiger partial charge in [-0.15, -0.1) is 0 Å². The summed E-state index contributed by atoms with van der Waals surface area (Å²) in [7, 11) is 0. The number of nitrogen functional groups attached to an aromatic ring is 1. The fraction of sp³-hybridized carbons (Fsp3) is 0.133. The van der Waals surface area contributed by atoms with Crippen molar-refractivity contribution in [1.29, 1.82) is 0 Å². The molecule has 0 aromatic heterocycles. The van der Waals surface area contributed by atoms with Crippen LogP contribution in [0.15, 0.2) is 46.9 Å². The first kappa shape index (κ1) is 16.2. The Kier molecular flexibility index (Phi) is 5.32. The number of hydrogen-bond acceptors (Lipinski definition) is 3. The molecule has 22 heavy (non-hydrogen) atoms. The zero-order chi connectivity index (χ0) is 16.1. The molecule has 0 heterocycles. The van der Waals surface area contributed by atoms with Crippen molar-refractivity contribution in [2.45, 2.75) is 6.43 Å². The van der Waals surface area contributed by atoms with Crippen LogP contribution in [0.25, 0.3) is 0 Å². The molecule has 4 nitrogen and oxygen atoms in total. The first-order chi connectivity index (χ1) is 10.5. The Balaban J connectivity index is 2.24. The molecule has 2 aromatic carbocycles. The third kappa shape index (κ3) is 4.17. The van der Waals surface area contributed by atoms with Gasteiger partial charge in [-0.25, -0.2) is 8.78 Å². The van der Waals surface area contributed by atoms with Crippen molar-refractivity contribution >= 4 is 33.2 Å². The van der Waals surface area contributed by atoms with Crippen LogP contribution in [0, 0.1) is 0 Å². The van der Waals surface area contributed by atoms with E-state index in [2.05, 4.69) is 21.2 Å². The second-order valence-corrected chi connectivity index (χ2v) is 5.25. The second-order valence-electron chi connectivity index (χ2n) is 4.39. The standard InChI is InChI=1S/C15H13BrF2N2O2/c16-11-3-1-2-4-12(11)20-15(21)10-7-9(19)5-6-13(10)22-8-14(17)18/h1-7,14H,8,19H2,(H,20,21). The van der Waals surface area contributed by atoms with E-state index in [9.17, 15) is 13.6 Å². The predicted octanol–water partition coefficient (Wildman–Crippen LogP) is 3.93. The summed E-state index contributed by atoms with van der Waals surface area (Å²) in [6.07, 6.45) is -2.63. The lowest BCUT2D eigenvalue weighted by Crippen LogP contribution is -2.16. The number of carbonyl (C=O) groups excluding carboxylic acids is 1. The molecule has 0 radical (unpaired) electrons. The van der Waals surface area contributed by atoms with Gasteiger partial charge >= 0.3 is 0 Å². The molecule has 2 aromatic rings. The highest BCUT2D eigenvalue weighted by atomic mass is 79.9. The molecule has 0 aliphatic carbocycles. The lowest BCUT2D eigenvalue weighted by molar-refractivity contribution is 0.0803. The highest BCUT2D eigenvalue weighted by Gasteiger charge is 2.16. The van der Waals surface area contributed by atoms with E-state index in [1.807, 2.05) is 0 Å². The second kappa shape index (κ2) is 7.22. The Labute approximate surface area is 134 Å². The van der Waals surface area contributed by atoms with E-state index in [4.69, 9.17) is 10.5 Å². The number of benzene rings is 2. The van der Waals surface area contributed by atoms with Gasteiger partial charge in [0.15, 0.2) is 0 Å². The third-order valence-electron chi connectivity index (χ3n) is 2.74. The number of halogens is 3. The van der Waals surface area contributed by atoms with Gasteiger partial charge in [-0.3, -0.25) is 4.79 Å². The largest absolute Gasteiger partial charge is 0.487 e. The third-order valence-corrected chi connectivity index (χ3v) is 3.43. The minimum Gasteiger partial charge on any atom is -0.487 e. The van der Waals surface area contributed by atoms with E-state index in [-0.39, 0.29) is 11.3 Å². The Bertz CT molecular complexity index is 680. The van der Waals surface area contributed by atoms with Crippen LogP contribution >= 0.6 is 15.9 Å². The maximum absolute atomic E-state index is 12.3. The molecular formula is C15H13BrF2N2O2. The SMILES string of the molecule is Nc1ccc(OCC(F)F)c(C(=O)Nc2ccccc2Br)c1. The van der Waals surface area contributed by atoms with Gasteiger partial charge in [-0.2, -0.15) is 0 Å². The maximum Gasteiger partial charge on any atom is 0.272 e. The zero-order valence-corrected chi connectivity index (χ0v) is 12.9. The lowest BCUT2D eigenvalue weighted by Gasteiger charge is -2.13. The number of ether oxygens (including phenoxy) is 1. The van der Waals surface area contributed by atoms with Gasteiger partial charge in [0.2, 0.25) is 0 Å². The average Bonchev–Trinajstić information content (AvgIpc) is 2.48. The van der Waals surface area contributed by atoms with Crippen LogP contribution in [0.2, 0.25) is 0 Å². The number of alkyl halides is 2. The van der Waals surface area contributed by atoms with E-state index < -0.39 is 18.9 Å². The molecule has 1 amide bonds. The normalized spacial score (nSPS) is 10.5. The minimum absolute atomic E-state index is 0.0547. The Morgan fingerprint density at radius 2 is 2.00 bits per heavy atom. The van der Waals surface area contributed by atoms with Gasteiger partial charge < -0.3 is 15.8 Å².